The van der Waals surface area contributed by atoms with E-state index < -0.39 is 0 Å². The Hall–Kier alpha value is -7.82. The molecular formula is C61H45N3O. The van der Waals surface area contributed by atoms with Gasteiger partial charge in [-0.15, -0.1) is 0 Å². The Morgan fingerprint density at radius 1 is 0.431 bits per heavy atom. The fourth-order valence-corrected chi connectivity index (χ4v) is 11.7. The van der Waals surface area contributed by atoms with Crippen LogP contribution < -0.4 is 4.90 Å². The summed E-state index contributed by atoms with van der Waals surface area (Å²) in [7, 11) is 0. The maximum Gasteiger partial charge on any atom is 0.137 e. The minimum atomic E-state index is -0.159. The molecule has 14 rings (SSSR count). The highest BCUT2D eigenvalue weighted by Gasteiger charge is 2.36. The van der Waals surface area contributed by atoms with Gasteiger partial charge in [-0.1, -0.05) is 132 Å². The summed E-state index contributed by atoms with van der Waals surface area (Å²) in [5.41, 5.74) is 21.4. The van der Waals surface area contributed by atoms with Crippen molar-refractivity contribution in [1.29, 1.82) is 0 Å². The highest BCUT2D eigenvalue weighted by atomic mass is 16.3. The molecule has 310 valence electrons. The van der Waals surface area contributed by atoms with Gasteiger partial charge in [-0.25, -0.2) is 0 Å². The van der Waals surface area contributed by atoms with Crippen molar-refractivity contribution < 1.29 is 4.42 Å². The molecule has 1 aliphatic carbocycles. The van der Waals surface area contributed by atoms with Gasteiger partial charge >= 0.3 is 0 Å². The molecule has 4 heteroatoms. The third-order valence-electron chi connectivity index (χ3n) is 14.7. The normalized spacial score (nSPS) is 13.7. The number of para-hydroxylation sites is 4. The van der Waals surface area contributed by atoms with Crippen LogP contribution in [0.4, 0.5) is 17.1 Å². The first-order valence-electron chi connectivity index (χ1n) is 22.8. The SMILES string of the molecule is CC(C)(C)c1cc2c3ccccc3n3c4ccc(-c5ccc6c(c5)-c5cc(N(c7ccccc7)c7ccc8c(c7)oc7ccccc78)ccc5C6(C)C)cc4n4c5ccccc5c1c4c23. The van der Waals surface area contributed by atoms with E-state index in [2.05, 4.69) is 218 Å². The number of fused-ring (bicyclic) bond motifs is 15. The van der Waals surface area contributed by atoms with E-state index in [1.54, 1.807) is 0 Å². The number of anilines is 3. The third-order valence-corrected chi connectivity index (χ3v) is 14.7. The lowest BCUT2D eigenvalue weighted by Gasteiger charge is -2.27. The predicted molar refractivity (Wildman–Crippen MR) is 273 cm³/mol. The van der Waals surface area contributed by atoms with E-state index in [1.807, 2.05) is 12.1 Å². The van der Waals surface area contributed by atoms with Crippen LogP contribution in [0.3, 0.4) is 0 Å². The molecule has 4 aromatic heterocycles. The van der Waals surface area contributed by atoms with Gasteiger partial charge in [-0.3, -0.25) is 0 Å². The highest BCUT2D eigenvalue weighted by Crippen LogP contribution is 2.53. The van der Waals surface area contributed by atoms with Crippen LogP contribution in [0.15, 0.2) is 186 Å². The van der Waals surface area contributed by atoms with E-state index in [-0.39, 0.29) is 10.8 Å². The summed E-state index contributed by atoms with van der Waals surface area (Å²) in [6.07, 6.45) is 0. The first kappa shape index (κ1) is 36.6. The van der Waals surface area contributed by atoms with Gasteiger partial charge in [0, 0.05) is 60.9 Å². The van der Waals surface area contributed by atoms with Gasteiger partial charge in [-0.2, -0.15) is 0 Å². The molecule has 13 aromatic rings. The summed E-state index contributed by atoms with van der Waals surface area (Å²) in [4.78, 5) is 2.36. The Balaban J connectivity index is 0.978. The molecule has 0 spiro atoms. The Labute approximate surface area is 376 Å². The topological polar surface area (TPSA) is 25.2 Å². The third kappa shape index (κ3) is 4.91. The molecule has 4 nitrogen and oxygen atoms in total. The average molecular weight is 836 g/mol. The van der Waals surface area contributed by atoms with Crippen molar-refractivity contribution in [1.82, 2.24) is 8.80 Å². The lowest BCUT2D eigenvalue weighted by Crippen LogP contribution is -2.15. The van der Waals surface area contributed by atoms with E-state index in [1.165, 1.54) is 93.6 Å². The van der Waals surface area contributed by atoms with E-state index in [0.29, 0.717) is 0 Å². The van der Waals surface area contributed by atoms with Crippen LogP contribution in [0.5, 0.6) is 0 Å². The number of furan rings is 1. The van der Waals surface area contributed by atoms with E-state index in [4.69, 9.17) is 4.42 Å². The monoisotopic (exact) mass is 835 g/mol. The van der Waals surface area contributed by atoms with Crippen LogP contribution in [-0.4, -0.2) is 8.80 Å². The fraction of sp³-hybridized carbons (Fsp3) is 0.115. The maximum atomic E-state index is 6.42. The Morgan fingerprint density at radius 2 is 1.03 bits per heavy atom. The number of benzene rings is 9. The molecule has 0 bridgehead atoms. The number of aromatic nitrogens is 2. The first-order valence-corrected chi connectivity index (χ1v) is 22.8. The molecule has 9 aromatic carbocycles. The molecule has 0 fully saturated rings. The van der Waals surface area contributed by atoms with Gasteiger partial charge in [0.05, 0.1) is 33.1 Å². The summed E-state index contributed by atoms with van der Waals surface area (Å²) in [6.45, 7) is 11.8. The van der Waals surface area contributed by atoms with Crippen LogP contribution in [0.2, 0.25) is 0 Å². The van der Waals surface area contributed by atoms with Crippen LogP contribution in [0.25, 0.3) is 98.8 Å². The summed E-state index contributed by atoms with van der Waals surface area (Å²) < 4.78 is 11.5. The Bertz CT molecular complexity index is 4130. The van der Waals surface area contributed by atoms with Gasteiger partial charge in [0.15, 0.2) is 0 Å². The molecule has 0 N–H and O–H groups in total. The molecule has 0 saturated carbocycles. The molecule has 0 atom stereocenters. The van der Waals surface area contributed by atoms with Gasteiger partial charge in [-0.05, 0) is 123 Å². The summed E-state index contributed by atoms with van der Waals surface area (Å²) in [5, 5.41) is 7.53. The van der Waals surface area contributed by atoms with Crippen molar-refractivity contribution in [2.24, 2.45) is 0 Å². The van der Waals surface area contributed by atoms with Gasteiger partial charge < -0.3 is 18.1 Å². The number of nitrogens with zero attached hydrogens (tertiary/aromatic N) is 3. The van der Waals surface area contributed by atoms with E-state index >= 15 is 0 Å². The summed E-state index contributed by atoms with van der Waals surface area (Å²) in [6, 6.07) is 67.4. The zero-order valence-electron chi connectivity index (χ0n) is 37.1. The van der Waals surface area contributed by atoms with Gasteiger partial charge in [0.2, 0.25) is 0 Å². The number of rotatable bonds is 4. The van der Waals surface area contributed by atoms with E-state index in [9.17, 15) is 0 Å². The summed E-state index contributed by atoms with van der Waals surface area (Å²) in [5.74, 6) is 0. The average Bonchev–Trinajstić information content (AvgIpc) is 4.04. The van der Waals surface area contributed by atoms with Gasteiger partial charge in [0.25, 0.3) is 0 Å². The standard InChI is InChI=1S/C61H45N3O/c1-60(2,3)50-35-47-41-17-9-12-20-51(41)63-53-30-24-37(32-54(53)64-52-21-13-10-19-44(52)57(50)59(64)58(47)63)36-23-28-48-45(31-36)46-33-39(26-29-49(46)61(48,4)5)62(38-15-7-6-8-16-38)40-25-27-43-42-18-11-14-22-55(42)65-56(43)34-40/h6-35H,1-5H3. The fourth-order valence-electron chi connectivity index (χ4n) is 11.7. The molecule has 0 unspecified atom stereocenters. The van der Waals surface area contributed by atoms with Crippen LogP contribution in [-0.2, 0) is 10.8 Å². The van der Waals surface area contributed by atoms with Crippen molar-refractivity contribution in [2.75, 3.05) is 4.90 Å². The molecule has 4 heterocycles. The second kappa shape index (κ2) is 12.7. The van der Waals surface area contributed by atoms with Crippen LogP contribution in [0.1, 0.15) is 51.3 Å². The molecule has 1 aliphatic rings. The van der Waals surface area contributed by atoms with Crippen molar-refractivity contribution in [3.05, 3.63) is 199 Å². The minimum Gasteiger partial charge on any atom is -0.456 e. The number of hydrogen-bond donors (Lipinski definition) is 0. The maximum absolute atomic E-state index is 6.42. The largest absolute Gasteiger partial charge is 0.456 e. The van der Waals surface area contributed by atoms with Gasteiger partial charge in [0.1, 0.15) is 11.2 Å². The smallest absolute Gasteiger partial charge is 0.137 e. The predicted octanol–water partition coefficient (Wildman–Crippen LogP) is 16.9. The zero-order valence-corrected chi connectivity index (χ0v) is 37.1. The zero-order chi connectivity index (χ0) is 43.5. The lowest BCUT2D eigenvalue weighted by atomic mass is 9.82. The second-order valence-electron chi connectivity index (χ2n) is 19.8. The van der Waals surface area contributed by atoms with E-state index in [0.717, 1.165) is 39.0 Å². The highest BCUT2D eigenvalue weighted by molar-refractivity contribution is 6.26. The number of hydrogen-bond acceptors (Lipinski definition) is 2. The second-order valence-corrected chi connectivity index (χ2v) is 19.8. The first-order chi connectivity index (χ1) is 31.6. The van der Waals surface area contributed by atoms with Crippen LogP contribution in [0, 0.1) is 0 Å². The molecule has 0 saturated heterocycles. The lowest BCUT2D eigenvalue weighted by molar-refractivity contribution is 0.597. The molecular weight excluding hydrogens is 791 g/mol. The van der Waals surface area contributed by atoms with Crippen molar-refractivity contribution >= 4 is 93.6 Å². The minimum absolute atomic E-state index is 0.0525. The quantitative estimate of drug-likeness (QED) is 0.165. The molecule has 0 amide bonds. The van der Waals surface area contributed by atoms with Crippen molar-refractivity contribution in [3.8, 4) is 22.3 Å². The Morgan fingerprint density at radius 3 is 1.83 bits per heavy atom. The molecule has 0 radical (unpaired) electrons. The van der Waals surface area contributed by atoms with Crippen LogP contribution >= 0.6 is 0 Å². The molecule has 65 heavy (non-hydrogen) atoms. The van der Waals surface area contributed by atoms with Crippen molar-refractivity contribution in [3.63, 3.8) is 0 Å². The van der Waals surface area contributed by atoms with Crippen molar-refractivity contribution in [2.45, 2.75) is 45.4 Å². The molecule has 0 aliphatic heterocycles. The summed E-state index contributed by atoms with van der Waals surface area (Å²) >= 11 is 0. The Kier molecular flexibility index (Phi) is 7.14.